The molecule has 4 heteroatoms. The van der Waals surface area contributed by atoms with E-state index in [1.807, 2.05) is 12.1 Å². The number of fused-ring (bicyclic) bond motifs is 4. The van der Waals surface area contributed by atoms with Crippen molar-refractivity contribution in [2.45, 2.75) is 50.9 Å². The Kier molecular flexibility index (Phi) is 3.38. The summed E-state index contributed by atoms with van der Waals surface area (Å²) in [6.07, 6.45) is 5.82. The molecule has 3 aliphatic carbocycles. The second kappa shape index (κ2) is 5.10. The molecule has 0 aliphatic heterocycles. The minimum Gasteiger partial charge on any atom is -0.299 e. The third-order valence-corrected chi connectivity index (χ3v) is 6.71. The van der Waals surface area contributed by atoms with Crippen LogP contribution >= 0.6 is 15.9 Å². The maximum atomic E-state index is 14.3. The fraction of sp³-hybridized carbons (Fsp3) is 0.474. The average molecular weight is 376 g/mol. The van der Waals surface area contributed by atoms with Crippen LogP contribution in [0.4, 0.5) is 4.39 Å². The summed E-state index contributed by atoms with van der Waals surface area (Å²) in [6, 6.07) is 7.40. The number of carbonyl (C=O) groups excluding carboxylic acids is 1. The van der Waals surface area contributed by atoms with E-state index in [0.29, 0.717) is 11.3 Å². The fourth-order valence-corrected chi connectivity index (χ4v) is 5.00. The molecule has 23 heavy (non-hydrogen) atoms. The lowest BCUT2D eigenvalue weighted by molar-refractivity contribution is -0.133. The van der Waals surface area contributed by atoms with E-state index < -0.39 is 0 Å². The van der Waals surface area contributed by atoms with Crippen LogP contribution < -0.4 is 0 Å². The molecule has 0 atom stereocenters. The van der Waals surface area contributed by atoms with Crippen LogP contribution in [0.2, 0.25) is 0 Å². The van der Waals surface area contributed by atoms with Gasteiger partial charge in [-0.1, -0.05) is 22.0 Å². The Morgan fingerprint density at radius 1 is 1.13 bits per heavy atom. The SMILES string of the molecule is CC(=O)C12CCC(c3ccc4cc(Br)cc(F)c4n3)(CC1)CC2. The zero-order chi connectivity index (χ0) is 16.2. The van der Waals surface area contributed by atoms with Gasteiger partial charge < -0.3 is 0 Å². The van der Waals surface area contributed by atoms with E-state index in [9.17, 15) is 9.18 Å². The number of hydrogen-bond acceptors (Lipinski definition) is 2. The predicted octanol–water partition coefficient (Wildman–Crippen LogP) is 5.32. The van der Waals surface area contributed by atoms with Crippen LogP contribution in [0.15, 0.2) is 28.7 Å². The van der Waals surface area contributed by atoms with Gasteiger partial charge in [0, 0.05) is 26.4 Å². The highest BCUT2D eigenvalue weighted by Crippen LogP contribution is 2.57. The highest BCUT2D eigenvalue weighted by atomic mass is 79.9. The molecule has 2 bridgehead atoms. The van der Waals surface area contributed by atoms with Crippen molar-refractivity contribution >= 4 is 32.6 Å². The Bertz CT molecular complexity index is 792. The molecular formula is C19H19BrFNO. The Morgan fingerprint density at radius 3 is 2.39 bits per heavy atom. The lowest BCUT2D eigenvalue weighted by atomic mass is 9.51. The Morgan fingerprint density at radius 2 is 1.78 bits per heavy atom. The molecule has 3 fully saturated rings. The van der Waals surface area contributed by atoms with Gasteiger partial charge in [0.1, 0.15) is 11.3 Å². The van der Waals surface area contributed by atoms with Gasteiger partial charge in [0.15, 0.2) is 5.82 Å². The number of hydrogen-bond donors (Lipinski definition) is 0. The van der Waals surface area contributed by atoms with Gasteiger partial charge >= 0.3 is 0 Å². The van der Waals surface area contributed by atoms with Crippen LogP contribution in [0, 0.1) is 11.2 Å². The minimum absolute atomic E-state index is 0.0326. The summed E-state index contributed by atoms with van der Waals surface area (Å²) in [7, 11) is 0. The Hall–Kier alpha value is -1.29. The van der Waals surface area contributed by atoms with E-state index in [1.54, 1.807) is 6.92 Å². The normalized spacial score (nSPS) is 29.9. The second-order valence-corrected chi connectivity index (χ2v) is 8.19. The summed E-state index contributed by atoms with van der Waals surface area (Å²) >= 11 is 3.33. The van der Waals surface area contributed by atoms with E-state index in [-0.39, 0.29) is 16.6 Å². The molecule has 0 saturated heterocycles. The number of nitrogens with zero attached hydrogens (tertiary/aromatic N) is 1. The molecule has 2 aromatic rings. The van der Waals surface area contributed by atoms with Crippen LogP contribution in [0.5, 0.6) is 0 Å². The maximum Gasteiger partial charge on any atom is 0.150 e. The molecule has 0 N–H and O–H groups in total. The van der Waals surface area contributed by atoms with E-state index in [4.69, 9.17) is 4.98 Å². The smallest absolute Gasteiger partial charge is 0.150 e. The molecule has 0 unspecified atom stereocenters. The highest BCUT2D eigenvalue weighted by Gasteiger charge is 2.52. The zero-order valence-electron chi connectivity index (χ0n) is 13.2. The fourth-order valence-electron chi connectivity index (χ4n) is 4.55. The highest BCUT2D eigenvalue weighted by molar-refractivity contribution is 9.10. The first-order valence-corrected chi connectivity index (χ1v) is 9.01. The molecule has 3 aliphatic rings. The number of benzene rings is 1. The molecule has 0 amide bonds. The van der Waals surface area contributed by atoms with Gasteiger partial charge in [-0.05, 0) is 63.6 Å². The van der Waals surface area contributed by atoms with Gasteiger partial charge in [-0.15, -0.1) is 0 Å². The molecular weight excluding hydrogens is 357 g/mol. The van der Waals surface area contributed by atoms with E-state index in [1.165, 1.54) is 6.07 Å². The first kappa shape index (κ1) is 15.3. The molecule has 1 heterocycles. The van der Waals surface area contributed by atoms with Gasteiger partial charge in [0.05, 0.1) is 0 Å². The predicted molar refractivity (Wildman–Crippen MR) is 91.9 cm³/mol. The third-order valence-electron chi connectivity index (χ3n) is 6.25. The van der Waals surface area contributed by atoms with Gasteiger partial charge in [0.2, 0.25) is 0 Å². The van der Waals surface area contributed by atoms with E-state index in [2.05, 4.69) is 22.0 Å². The molecule has 0 radical (unpaired) electrons. The molecule has 1 aromatic carbocycles. The van der Waals surface area contributed by atoms with Crippen LogP contribution in [-0.2, 0) is 10.2 Å². The van der Waals surface area contributed by atoms with E-state index in [0.717, 1.165) is 54.1 Å². The summed E-state index contributed by atoms with van der Waals surface area (Å²) in [5.74, 6) is 0.0606. The van der Waals surface area contributed by atoms with Crippen molar-refractivity contribution in [3.05, 3.63) is 40.2 Å². The average Bonchev–Trinajstić information content (AvgIpc) is 2.56. The Labute approximate surface area is 143 Å². The minimum atomic E-state index is -0.280. The summed E-state index contributed by atoms with van der Waals surface area (Å²) in [6.45, 7) is 1.74. The third kappa shape index (κ3) is 2.25. The van der Waals surface area contributed by atoms with Gasteiger partial charge in [-0.2, -0.15) is 0 Å². The number of rotatable bonds is 2. The van der Waals surface area contributed by atoms with Crippen LogP contribution in [0.3, 0.4) is 0 Å². The monoisotopic (exact) mass is 375 g/mol. The Balaban J connectivity index is 1.75. The number of carbonyl (C=O) groups is 1. The summed E-state index contributed by atoms with van der Waals surface area (Å²) in [5.41, 5.74) is 1.40. The molecule has 3 saturated carbocycles. The maximum absolute atomic E-state index is 14.3. The molecule has 0 spiro atoms. The molecule has 2 nitrogen and oxygen atoms in total. The molecule has 120 valence electrons. The second-order valence-electron chi connectivity index (χ2n) is 7.27. The van der Waals surface area contributed by atoms with E-state index >= 15 is 0 Å². The lowest BCUT2D eigenvalue weighted by Gasteiger charge is -2.52. The van der Waals surface area contributed by atoms with Crippen molar-refractivity contribution in [3.63, 3.8) is 0 Å². The number of halogens is 2. The van der Waals surface area contributed by atoms with Crippen molar-refractivity contribution in [3.8, 4) is 0 Å². The first-order chi connectivity index (χ1) is 10.9. The number of ketones is 1. The molecule has 5 rings (SSSR count). The lowest BCUT2D eigenvalue weighted by Crippen LogP contribution is -2.47. The number of Topliss-reactive ketones (excluding diaryl/α,β-unsaturated/α-hetero) is 1. The standard InChI is InChI=1S/C19H19BrFNO/c1-12(23)18-4-7-19(8-5-18,9-6-18)16-3-2-13-10-14(20)11-15(21)17(13)22-16/h2-3,10-11H,4-9H2,1H3. The zero-order valence-corrected chi connectivity index (χ0v) is 14.7. The first-order valence-electron chi connectivity index (χ1n) is 8.22. The topological polar surface area (TPSA) is 30.0 Å². The van der Waals surface area contributed by atoms with Crippen LogP contribution in [0.25, 0.3) is 10.9 Å². The van der Waals surface area contributed by atoms with Crippen molar-refractivity contribution in [2.24, 2.45) is 5.41 Å². The van der Waals surface area contributed by atoms with Crippen LogP contribution in [-0.4, -0.2) is 10.8 Å². The number of pyridine rings is 1. The van der Waals surface area contributed by atoms with Gasteiger partial charge in [-0.25, -0.2) is 9.37 Å². The van der Waals surface area contributed by atoms with Gasteiger partial charge in [-0.3, -0.25) is 4.79 Å². The van der Waals surface area contributed by atoms with Crippen molar-refractivity contribution in [1.82, 2.24) is 4.98 Å². The van der Waals surface area contributed by atoms with Gasteiger partial charge in [0.25, 0.3) is 0 Å². The summed E-state index contributed by atoms with van der Waals surface area (Å²) < 4.78 is 15.0. The number of aromatic nitrogens is 1. The summed E-state index contributed by atoms with van der Waals surface area (Å²) in [4.78, 5) is 16.7. The quantitative estimate of drug-likeness (QED) is 0.710. The van der Waals surface area contributed by atoms with Crippen molar-refractivity contribution in [2.75, 3.05) is 0 Å². The van der Waals surface area contributed by atoms with Crippen LogP contribution in [0.1, 0.15) is 51.1 Å². The largest absolute Gasteiger partial charge is 0.299 e. The molecule has 1 aromatic heterocycles. The van der Waals surface area contributed by atoms with Crippen molar-refractivity contribution < 1.29 is 9.18 Å². The summed E-state index contributed by atoms with van der Waals surface area (Å²) in [5, 5.41) is 0.821. The van der Waals surface area contributed by atoms with Crippen molar-refractivity contribution in [1.29, 1.82) is 0 Å².